The van der Waals surface area contributed by atoms with Crippen LogP contribution in [0.5, 0.6) is 0 Å². The minimum atomic E-state index is -1.01. The summed E-state index contributed by atoms with van der Waals surface area (Å²) in [7, 11) is 1.75. The molecule has 1 amide bonds. The van der Waals surface area contributed by atoms with Crippen molar-refractivity contribution in [2.45, 2.75) is 18.9 Å². The lowest BCUT2D eigenvalue weighted by molar-refractivity contribution is -0.131. The van der Waals surface area contributed by atoms with Gasteiger partial charge in [0.15, 0.2) is 0 Å². The number of carboxylic acid groups (broad SMARTS) is 1. The molecule has 1 fully saturated rings. The zero-order valence-electron chi connectivity index (χ0n) is 11.2. The number of carbonyl (C=O) groups excluding carboxylic acids is 1. The SMILES string of the molecule is CN(CC1CC(O)C1)C(=O)c1csc(C=CC(=O)O)c1. The van der Waals surface area contributed by atoms with Gasteiger partial charge in [0.05, 0.1) is 11.7 Å². The van der Waals surface area contributed by atoms with Gasteiger partial charge in [-0.05, 0) is 30.9 Å². The van der Waals surface area contributed by atoms with E-state index in [-0.39, 0.29) is 12.0 Å². The lowest BCUT2D eigenvalue weighted by Gasteiger charge is -2.34. The molecule has 0 unspecified atom stereocenters. The Morgan fingerprint density at radius 2 is 2.20 bits per heavy atom. The molecular formula is C14H17NO4S. The number of aliphatic hydroxyl groups is 1. The van der Waals surface area contributed by atoms with E-state index in [1.54, 1.807) is 23.4 Å². The molecule has 0 atom stereocenters. The van der Waals surface area contributed by atoms with Gasteiger partial charge in [-0.15, -0.1) is 11.3 Å². The Labute approximate surface area is 121 Å². The molecule has 108 valence electrons. The van der Waals surface area contributed by atoms with Crippen LogP contribution in [0.3, 0.4) is 0 Å². The number of aliphatic carboxylic acids is 1. The molecule has 20 heavy (non-hydrogen) atoms. The fourth-order valence-electron chi connectivity index (χ4n) is 2.25. The van der Waals surface area contributed by atoms with Gasteiger partial charge in [-0.1, -0.05) is 0 Å². The van der Waals surface area contributed by atoms with Gasteiger partial charge >= 0.3 is 5.97 Å². The normalized spacial score (nSPS) is 21.7. The second-order valence-corrected chi connectivity index (χ2v) is 6.03. The maximum Gasteiger partial charge on any atom is 0.328 e. The van der Waals surface area contributed by atoms with Crippen LogP contribution in [0.1, 0.15) is 28.1 Å². The zero-order chi connectivity index (χ0) is 14.7. The van der Waals surface area contributed by atoms with Gasteiger partial charge in [-0.25, -0.2) is 4.79 Å². The molecule has 1 aromatic rings. The number of hydrogen-bond acceptors (Lipinski definition) is 4. The first-order valence-electron chi connectivity index (χ1n) is 6.38. The van der Waals surface area contributed by atoms with Crippen LogP contribution in [-0.4, -0.2) is 46.7 Å². The summed E-state index contributed by atoms with van der Waals surface area (Å²) in [5.41, 5.74) is 0.572. The van der Waals surface area contributed by atoms with Crippen molar-refractivity contribution in [3.63, 3.8) is 0 Å². The second-order valence-electron chi connectivity index (χ2n) is 5.09. The monoisotopic (exact) mass is 295 g/mol. The zero-order valence-corrected chi connectivity index (χ0v) is 12.0. The average Bonchev–Trinajstić information content (AvgIpc) is 2.82. The number of amides is 1. The Hall–Kier alpha value is -1.66. The summed E-state index contributed by atoms with van der Waals surface area (Å²) >= 11 is 1.34. The van der Waals surface area contributed by atoms with Crippen molar-refractivity contribution in [2.75, 3.05) is 13.6 Å². The molecule has 0 saturated heterocycles. The smallest absolute Gasteiger partial charge is 0.328 e. The maximum atomic E-state index is 12.2. The third-order valence-corrected chi connectivity index (χ3v) is 4.24. The van der Waals surface area contributed by atoms with Crippen LogP contribution in [0.15, 0.2) is 17.5 Å². The van der Waals surface area contributed by atoms with Gasteiger partial charge < -0.3 is 15.1 Å². The van der Waals surface area contributed by atoms with Crippen LogP contribution in [0.2, 0.25) is 0 Å². The highest BCUT2D eigenvalue weighted by atomic mass is 32.1. The Morgan fingerprint density at radius 1 is 1.50 bits per heavy atom. The van der Waals surface area contributed by atoms with Gasteiger partial charge in [0.2, 0.25) is 0 Å². The van der Waals surface area contributed by atoms with Crippen molar-refractivity contribution in [2.24, 2.45) is 5.92 Å². The molecule has 1 saturated carbocycles. The summed E-state index contributed by atoms with van der Waals surface area (Å²) in [5.74, 6) is -0.700. The highest BCUT2D eigenvalue weighted by Crippen LogP contribution is 2.28. The van der Waals surface area contributed by atoms with Crippen LogP contribution in [0.25, 0.3) is 6.08 Å². The molecule has 1 aromatic heterocycles. The molecule has 0 aromatic carbocycles. The summed E-state index contributed by atoms with van der Waals surface area (Å²) in [6.07, 6.45) is 3.84. The van der Waals surface area contributed by atoms with E-state index in [1.807, 2.05) is 0 Å². The predicted octanol–water partition coefficient (Wildman–Crippen LogP) is 1.69. The van der Waals surface area contributed by atoms with E-state index < -0.39 is 5.97 Å². The molecule has 1 aliphatic rings. The van der Waals surface area contributed by atoms with Crippen molar-refractivity contribution in [3.05, 3.63) is 28.0 Å². The summed E-state index contributed by atoms with van der Waals surface area (Å²) in [5, 5.41) is 19.5. The summed E-state index contributed by atoms with van der Waals surface area (Å²) in [6.45, 7) is 0.645. The molecule has 2 N–H and O–H groups in total. The Kier molecular flexibility index (Phi) is 4.57. The lowest BCUT2D eigenvalue weighted by atomic mass is 9.82. The van der Waals surface area contributed by atoms with Crippen LogP contribution < -0.4 is 0 Å². The Balaban J connectivity index is 1.93. The quantitative estimate of drug-likeness (QED) is 0.810. The van der Waals surface area contributed by atoms with Gasteiger partial charge in [0.25, 0.3) is 5.91 Å². The number of rotatable bonds is 5. The summed E-state index contributed by atoms with van der Waals surface area (Å²) in [4.78, 5) is 25.0. The van der Waals surface area contributed by atoms with E-state index in [0.717, 1.165) is 23.8 Å². The number of thiophene rings is 1. The van der Waals surface area contributed by atoms with Gasteiger partial charge in [-0.3, -0.25) is 4.79 Å². The molecule has 1 heterocycles. The van der Waals surface area contributed by atoms with E-state index in [4.69, 9.17) is 5.11 Å². The molecule has 1 aliphatic carbocycles. The van der Waals surface area contributed by atoms with Crippen molar-refractivity contribution in [1.82, 2.24) is 4.90 Å². The third kappa shape index (κ3) is 3.68. The first-order chi connectivity index (χ1) is 9.45. The van der Waals surface area contributed by atoms with E-state index >= 15 is 0 Å². The lowest BCUT2D eigenvalue weighted by Crippen LogP contribution is -2.39. The van der Waals surface area contributed by atoms with Crippen LogP contribution >= 0.6 is 11.3 Å². The topological polar surface area (TPSA) is 77.8 Å². The van der Waals surface area contributed by atoms with Crippen LogP contribution in [0, 0.1) is 5.92 Å². The fraction of sp³-hybridized carbons (Fsp3) is 0.429. The maximum absolute atomic E-state index is 12.2. The van der Waals surface area contributed by atoms with Gasteiger partial charge in [-0.2, -0.15) is 0 Å². The molecular weight excluding hydrogens is 278 g/mol. The first-order valence-corrected chi connectivity index (χ1v) is 7.26. The molecule has 0 aliphatic heterocycles. The van der Waals surface area contributed by atoms with Crippen LogP contribution in [-0.2, 0) is 4.79 Å². The number of hydrogen-bond donors (Lipinski definition) is 2. The van der Waals surface area contributed by atoms with Gasteiger partial charge in [0.1, 0.15) is 0 Å². The van der Waals surface area contributed by atoms with Crippen molar-refractivity contribution >= 4 is 29.3 Å². The number of carboxylic acids is 1. The average molecular weight is 295 g/mol. The molecule has 5 nitrogen and oxygen atoms in total. The highest BCUT2D eigenvalue weighted by Gasteiger charge is 2.29. The second kappa shape index (κ2) is 6.19. The van der Waals surface area contributed by atoms with E-state index in [9.17, 15) is 14.7 Å². The molecule has 0 bridgehead atoms. The minimum Gasteiger partial charge on any atom is -0.478 e. The van der Waals surface area contributed by atoms with Crippen molar-refractivity contribution < 1.29 is 19.8 Å². The van der Waals surface area contributed by atoms with Gasteiger partial charge in [0, 0.05) is 29.9 Å². The van der Waals surface area contributed by atoms with Crippen molar-refractivity contribution in [1.29, 1.82) is 0 Å². The standard InChI is InChI=1S/C14H17NO4S/c1-15(7-9-4-11(16)5-9)14(19)10-6-12(20-8-10)2-3-13(17)18/h2-3,6,8-9,11,16H,4-5,7H2,1H3,(H,17,18). The summed E-state index contributed by atoms with van der Waals surface area (Å²) < 4.78 is 0. The molecule has 6 heteroatoms. The van der Waals surface area contributed by atoms with Crippen molar-refractivity contribution in [3.8, 4) is 0 Å². The molecule has 0 spiro atoms. The molecule has 0 radical (unpaired) electrons. The fourth-order valence-corrected chi connectivity index (χ4v) is 3.02. The molecule has 2 rings (SSSR count). The first kappa shape index (κ1) is 14.7. The number of carbonyl (C=O) groups is 2. The number of nitrogens with zero attached hydrogens (tertiary/aromatic N) is 1. The van der Waals surface area contributed by atoms with E-state index in [2.05, 4.69) is 0 Å². The number of aliphatic hydroxyl groups excluding tert-OH is 1. The Bertz CT molecular complexity index is 531. The highest BCUT2D eigenvalue weighted by molar-refractivity contribution is 7.11. The Morgan fingerprint density at radius 3 is 2.80 bits per heavy atom. The van der Waals surface area contributed by atoms with Crippen LogP contribution in [0.4, 0.5) is 0 Å². The summed E-state index contributed by atoms with van der Waals surface area (Å²) in [6, 6.07) is 1.69. The predicted molar refractivity (Wildman–Crippen MR) is 76.7 cm³/mol. The minimum absolute atomic E-state index is 0.0717. The van der Waals surface area contributed by atoms with E-state index in [1.165, 1.54) is 17.4 Å². The largest absolute Gasteiger partial charge is 0.478 e. The van der Waals surface area contributed by atoms with E-state index in [0.29, 0.717) is 18.0 Å². The third-order valence-electron chi connectivity index (χ3n) is 3.35.